The number of hydrogen-bond acceptors (Lipinski definition) is 4. The number of pyridine rings is 1. The van der Waals surface area contributed by atoms with E-state index in [2.05, 4.69) is 10.4 Å². The second kappa shape index (κ2) is 6.56. The summed E-state index contributed by atoms with van der Waals surface area (Å²) in [5, 5.41) is 0.719. The first-order chi connectivity index (χ1) is 9.19. The van der Waals surface area contributed by atoms with E-state index in [9.17, 15) is 4.79 Å². The Kier molecular flexibility index (Phi) is 4.79. The number of aromatic nitrogens is 1. The van der Waals surface area contributed by atoms with E-state index in [0.717, 1.165) is 21.2 Å². The van der Waals surface area contributed by atoms with E-state index in [-0.39, 0.29) is 0 Å². The van der Waals surface area contributed by atoms with Crippen molar-refractivity contribution in [1.29, 1.82) is 0 Å². The van der Waals surface area contributed by atoms with E-state index in [0.29, 0.717) is 5.69 Å². The Bertz CT molecular complexity index is 592. The number of carbonyl (C=O) groups is 1. The van der Waals surface area contributed by atoms with E-state index >= 15 is 0 Å². The minimum atomic E-state index is -0.398. The molecular formula is C13H12ClN3OS. The van der Waals surface area contributed by atoms with Crippen molar-refractivity contribution in [3.05, 3.63) is 58.9 Å². The summed E-state index contributed by atoms with van der Waals surface area (Å²) < 4.78 is 0. The molecule has 6 heteroatoms. The minimum absolute atomic E-state index is 0.304. The van der Waals surface area contributed by atoms with Gasteiger partial charge in [0.15, 0.2) is 0 Å². The first-order valence-corrected chi connectivity index (χ1v) is 6.89. The van der Waals surface area contributed by atoms with E-state index < -0.39 is 5.91 Å². The maximum absolute atomic E-state index is 11.4. The van der Waals surface area contributed by atoms with Crippen molar-refractivity contribution in [1.82, 2.24) is 10.4 Å². The van der Waals surface area contributed by atoms with Gasteiger partial charge in [-0.25, -0.2) is 5.84 Å². The summed E-state index contributed by atoms with van der Waals surface area (Å²) in [6, 6.07) is 11.2. The summed E-state index contributed by atoms with van der Waals surface area (Å²) in [5.74, 6) is 5.45. The average Bonchev–Trinajstić information content (AvgIpc) is 2.45. The van der Waals surface area contributed by atoms with Gasteiger partial charge >= 0.3 is 0 Å². The standard InChI is InChI=1S/C13H12ClN3OS/c14-10-3-1-2-9(6-10)8-19-11-4-5-16-12(7-11)13(18)17-15/h1-7H,8,15H2,(H,17,18). The highest BCUT2D eigenvalue weighted by atomic mass is 35.5. The summed E-state index contributed by atoms with van der Waals surface area (Å²) in [4.78, 5) is 16.3. The lowest BCUT2D eigenvalue weighted by molar-refractivity contribution is 0.0948. The number of halogens is 1. The largest absolute Gasteiger partial charge is 0.289 e. The highest BCUT2D eigenvalue weighted by Crippen LogP contribution is 2.24. The number of benzene rings is 1. The Hall–Kier alpha value is -1.56. The van der Waals surface area contributed by atoms with Crippen LogP contribution < -0.4 is 11.3 Å². The molecule has 0 unspecified atom stereocenters. The molecule has 1 heterocycles. The summed E-state index contributed by atoms with van der Waals surface area (Å²) in [5.41, 5.74) is 3.49. The number of nitrogens with one attached hydrogen (secondary N) is 1. The number of nitrogens with two attached hydrogens (primary N) is 1. The Labute approximate surface area is 120 Å². The van der Waals surface area contributed by atoms with Crippen LogP contribution >= 0.6 is 23.4 Å². The Morgan fingerprint density at radius 1 is 1.37 bits per heavy atom. The maximum Gasteiger partial charge on any atom is 0.283 e. The molecule has 19 heavy (non-hydrogen) atoms. The van der Waals surface area contributed by atoms with Crippen molar-refractivity contribution < 1.29 is 4.79 Å². The van der Waals surface area contributed by atoms with Crippen LogP contribution in [0.15, 0.2) is 47.5 Å². The first-order valence-electron chi connectivity index (χ1n) is 5.53. The van der Waals surface area contributed by atoms with Crippen molar-refractivity contribution in [3.63, 3.8) is 0 Å². The van der Waals surface area contributed by atoms with Crippen LogP contribution in [-0.2, 0) is 5.75 Å². The van der Waals surface area contributed by atoms with Gasteiger partial charge < -0.3 is 0 Å². The number of amides is 1. The quantitative estimate of drug-likeness (QED) is 0.393. The highest BCUT2D eigenvalue weighted by molar-refractivity contribution is 7.98. The van der Waals surface area contributed by atoms with Gasteiger partial charge in [-0.05, 0) is 29.8 Å². The zero-order chi connectivity index (χ0) is 13.7. The topological polar surface area (TPSA) is 68.0 Å². The fourth-order valence-corrected chi connectivity index (χ4v) is 2.57. The zero-order valence-corrected chi connectivity index (χ0v) is 11.5. The van der Waals surface area contributed by atoms with Crippen molar-refractivity contribution >= 4 is 29.3 Å². The monoisotopic (exact) mass is 293 g/mol. The fourth-order valence-electron chi connectivity index (χ4n) is 1.49. The molecule has 0 radical (unpaired) electrons. The molecule has 0 spiro atoms. The van der Waals surface area contributed by atoms with Crippen molar-refractivity contribution in [2.75, 3.05) is 0 Å². The molecule has 0 aliphatic carbocycles. The molecule has 2 rings (SSSR count). The SMILES string of the molecule is NNC(=O)c1cc(SCc2cccc(Cl)c2)ccn1. The number of carbonyl (C=O) groups excluding carboxylic acids is 1. The minimum Gasteiger partial charge on any atom is -0.289 e. The van der Waals surface area contributed by atoms with Gasteiger partial charge in [-0.1, -0.05) is 23.7 Å². The van der Waals surface area contributed by atoms with Crippen molar-refractivity contribution in [2.24, 2.45) is 5.84 Å². The van der Waals surface area contributed by atoms with Gasteiger partial charge in [-0.2, -0.15) is 0 Å². The molecule has 98 valence electrons. The van der Waals surface area contributed by atoms with Crippen LogP contribution in [0.2, 0.25) is 5.02 Å². The molecule has 0 saturated carbocycles. The van der Waals surface area contributed by atoms with Crippen LogP contribution in [0.1, 0.15) is 16.1 Å². The third kappa shape index (κ3) is 3.96. The van der Waals surface area contributed by atoms with Crippen LogP contribution in [-0.4, -0.2) is 10.9 Å². The van der Waals surface area contributed by atoms with Gasteiger partial charge in [0.1, 0.15) is 5.69 Å². The number of thioether (sulfide) groups is 1. The summed E-state index contributed by atoms with van der Waals surface area (Å²) >= 11 is 7.53. The molecule has 0 aliphatic heterocycles. The molecule has 0 saturated heterocycles. The van der Waals surface area contributed by atoms with Gasteiger partial charge in [0.25, 0.3) is 5.91 Å². The number of hydrazine groups is 1. The van der Waals surface area contributed by atoms with Crippen LogP contribution in [0.25, 0.3) is 0 Å². The molecule has 1 aromatic carbocycles. The predicted molar refractivity (Wildman–Crippen MR) is 76.9 cm³/mol. The molecule has 0 aliphatic rings. The second-order valence-electron chi connectivity index (χ2n) is 3.77. The highest BCUT2D eigenvalue weighted by Gasteiger charge is 2.06. The maximum atomic E-state index is 11.4. The zero-order valence-electron chi connectivity index (χ0n) is 9.97. The molecule has 0 bridgehead atoms. The van der Waals surface area contributed by atoms with Gasteiger partial charge in [0, 0.05) is 21.9 Å². The molecule has 0 atom stereocenters. The molecule has 4 nitrogen and oxygen atoms in total. The van der Waals surface area contributed by atoms with Crippen LogP contribution in [0.5, 0.6) is 0 Å². The van der Waals surface area contributed by atoms with E-state index in [1.54, 1.807) is 24.0 Å². The lowest BCUT2D eigenvalue weighted by atomic mass is 10.2. The smallest absolute Gasteiger partial charge is 0.283 e. The lowest BCUT2D eigenvalue weighted by Gasteiger charge is -2.04. The Morgan fingerprint density at radius 2 is 2.21 bits per heavy atom. The number of hydrogen-bond donors (Lipinski definition) is 2. The van der Waals surface area contributed by atoms with Crippen LogP contribution in [0, 0.1) is 0 Å². The first kappa shape index (κ1) is 13.9. The number of nitrogen functional groups attached to an aromatic ring is 1. The van der Waals surface area contributed by atoms with E-state index in [1.165, 1.54) is 0 Å². The molecule has 0 fully saturated rings. The van der Waals surface area contributed by atoms with E-state index in [4.69, 9.17) is 17.4 Å². The normalized spacial score (nSPS) is 10.2. The molecule has 2 aromatic rings. The number of nitrogens with zero attached hydrogens (tertiary/aromatic N) is 1. The second-order valence-corrected chi connectivity index (χ2v) is 5.25. The van der Waals surface area contributed by atoms with Gasteiger partial charge in [-0.15, -0.1) is 11.8 Å². The predicted octanol–water partition coefficient (Wildman–Crippen LogP) is 2.63. The summed E-state index contributed by atoms with van der Waals surface area (Å²) in [6.07, 6.45) is 1.59. The van der Waals surface area contributed by atoms with Crippen molar-refractivity contribution in [2.45, 2.75) is 10.6 Å². The summed E-state index contributed by atoms with van der Waals surface area (Å²) in [7, 11) is 0. The third-order valence-electron chi connectivity index (χ3n) is 2.39. The average molecular weight is 294 g/mol. The molecular weight excluding hydrogens is 282 g/mol. The third-order valence-corrected chi connectivity index (χ3v) is 3.69. The van der Waals surface area contributed by atoms with Gasteiger partial charge in [0.2, 0.25) is 0 Å². The fraction of sp³-hybridized carbons (Fsp3) is 0.0769. The van der Waals surface area contributed by atoms with Gasteiger partial charge in [-0.3, -0.25) is 15.2 Å². The Morgan fingerprint density at radius 3 is 2.95 bits per heavy atom. The lowest BCUT2D eigenvalue weighted by Crippen LogP contribution is -2.30. The Balaban J connectivity index is 2.05. The molecule has 1 amide bonds. The van der Waals surface area contributed by atoms with Gasteiger partial charge in [0.05, 0.1) is 0 Å². The molecule has 1 aromatic heterocycles. The van der Waals surface area contributed by atoms with Crippen LogP contribution in [0.4, 0.5) is 0 Å². The molecule has 3 N–H and O–H groups in total. The van der Waals surface area contributed by atoms with Crippen molar-refractivity contribution in [3.8, 4) is 0 Å². The summed E-state index contributed by atoms with van der Waals surface area (Å²) in [6.45, 7) is 0. The number of rotatable bonds is 4. The van der Waals surface area contributed by atoms with Crippen LogP contribution in [0.3, 0.4) is 0 Å². The van der Waals surface area contributed by atoms with E-state index in [1.807, 2.05) is 30.3 Å².